The number of hydrogen-bond donors (Lipinski definition) is 1. The van der Waals surface area contributed by atoms with Crippen LogP contribution in [0.5, 0.6) is 0 Å². The molecular weight excluding hydrogens is 134 g/mol. The van der Waals surface area contributed by atoms with Gasteiger partial charge in [0.2, 0.25) is 0 Å². The van der Waals surface area contributed by atoms with E-state index in [1.165, 1.54) is 19.3 Å². The van der Waals surface area contributed by atoms with E-state index < -0.39 is 0 Å². The highest BCUT2D eigenvalue weighted by atomic mass is 15.2. The van der Waals surface area contributed by atoms with Crippen molar-refractivity contribution in [2.75, 3.05) is 0 Å². The van der Waals surface area contributed by atoms with Gasteiger partial charge >= 0.3 is 0 Å². The van der Waals surface area contributed by atoms with Crippen molar-refractivity contribution < 1.29 is 0 Å². The second kappa shape index (κ2) is 3.14. The second-order valence-corrected chi connectivity index (χ2v) is 4.57. The first-order chi connectivity index (χ1) is 5.04. The monoisotopic (exact) mass is 155 g/mol. The Bertz CT molecular complexity index is 131. The molecule has 1 saturated heterocycles. The maximum atomic E-state index is 3.48. The van der Waals surface area contributed by atoms with E-state index in [9.17, 15) is 0 Å². The van der Waals surface area contributed by atoms with Crippen LogP contribution in [0, 0.1) is 5.92 Å². The SMILES string of the molecule is CC(C)CCCC1(C)NC1C. The minimum Gasteiger partial charge on any atom is -0.306 e. The van der Waals surface area contributed by atoms with Crippen molar-refractivity contribution >= 4 is 0 Å². The normalized spacial score (nSPS) is 36.3. The molecule has 1 aliphatic rings. The van der Waals surface area contributed by atoms with Crippen molar-refractivity contribution in [1.29, 1.82) is 0 Å². The lowest BCUT2D eigenvalue weighted by molar-refractivity contribution is 0.490. The average molecular weight is 155 g/mol. The number of rotatable bonds is 4. The molecule has 0 radical (unpaired) electrons. The molecule has 1 N–H and O–H groups in total. The molecule has 2 unspecified atom stereocenters. The summed E-state index contributed by atoms with van der Waals surface area (Å²) in [6.45, 7) is 9.20. The van der Waals surface area contributed by atoms with Gasteiger partial charge in [-0.05, 0) is 26.2 Å². The van der Waals surface area contributed by atoms with Gasteiger partial charge in [0.1, 0.15) is 0 Å². The van der Waals surface area contributed by atoms with Crippen LogP contribution in [0.2, 0.25) is 0 Å². The molecule has 0 amide bonds. The topological polar surface area (TPSA) is 21.9 Å². The molecule has 1 heteroatoms. The van der Waals surface area contributed by atoms with E-state index in [1.54, 1.807) is 0 Å². The zero-order valence-corrected chi connectivity index (χ0v) is 8.28. The highest BCUT2D eigenvalue weighted by Crippen LogP contribution is 2.31. The van der Waals surface area contributed by atoms with E-state index in [0.717, 1.165) is 12.0 Å². The van der Waals surface area contributed by atoms with Gasteiger partial charge in [0.25, 0.3) is 0 Å². The molecule has 1 fully saturated rings. The van der Waals surface area contributed by atoms with E-state index in [0.29, 0.717) is 5.54 Å². The van der Waals surface area contributed by atoms with Gasteiger partial charge in [0.05, 0.1) is 0 Å². The van der Waals surface area contributed by atoms with Crippen molar-refractivity contribution in [3.8, 4) is 0 Å². The van der Waals surface area contributed by atoms with Crippen molar-refractivity contribution in [2.45, 2.75) is 58.5 Å². The molecule has 0 spiro atoms. The summed E-state index contributed by atoms with van der Waals surface area (Å²) in [5.74, 6) is 0.868. The quantitative estimate of drug-likeness (QED) is 0.619. The molecule has 2 atom stereocenters. The maximum absolute atomic E-state index is 3.48. The van der Waals surface area contributed by atoms with Crippen LogP contribution in [-0.4, -0.2) is 11.6 Å². The molecule has 0 bridgehead atoms. The molecule has 1 aliphatic heterocycles. The number of hydrogen-bond acceptors (Lipinski definition) is 1. The summed E-state index contributed by atoms with van der Waals surface area (Å²) in [6.07, 6.45) is 4.11. The van der Waals surface area contributed by atoms with Crippen LogP contribution in [0.4, 0.5) is 0 Å². The summed E-state index contributed by atoms with van der Waals surface area (Å²) < 4.78 is 0. The first kappa shape index (κ1) is 9.05. The van der Waals surface area contributed by atoms with Gasteiger partial charge in [0.15, 0.2) is 0 Å². The molecule has 11 heavy (non-hydrogen) atoms. The van der Waals surface area contributed by atoms with Crippen LogP contribution in [-0.2, 0) is 0 Å². The van der Waals surface area contributed by atoms with E-state index in [2.05, 4.69) is 33.0 Å². The summed E-state index contributed by atoms with van der Waals surface area (Å²) in [5.41, 5.74) is 0.495. The highest BCUT2D eigenvalue weighted by molar-refractivity contribution is 5.07. The molecule has 0 aromatic heterocycles. The van der Waals surface area contributed by atoms with Crippen LogP contribution >= 0.6 is 0 Å². The summed E-state index contributed by atoms with van der Waals surface area (Å²) in [6, 6.07) is 0.759. The van der Waals surface area contributed by atoms with Crippen LogP contribution in [0.25, 0.3) is 0 Å². The second-order valence-electron chi connectivity index (χ2n) is 4.57. The molecule has 0 saturated carbocycles. The van der Waals surface area contributed by atoms with E-state index in [-0.39, 0.29) is 0 Å². The molecule has 1 heterocycles. The molecule has 0 aromatic rings. The van der Waals surface area contributed by atoms with Gasteiger partial charge in [-0.2, -0.15) is 0 Å². The number of nitrogens with one attached hydrogen (secondary N) is 1. The predicted octanol–water partition coefficient (Wildman–Crippen LogP) is 2.56. The van der Waals surface area contributed by atoms with Crippen LogP contribution < -0.4 is 5.32 Å². The maximum Gasteiger partial charge on any atom is 0.0307 e. The van der Waals surface area contributed by atoms with Crippen molar-refractivity contribution in [3.05, 3.63) is 0 Å². The van der Waals surface area contributed by atoms with Gasteiger partial charge in [-0.3, -0.25) is 0 Å². The summed E-state index contributed by atoms with van der Waals surface area (Å²) in [7, 11) is 0. The Morgan fingerprint density at radius 3 is 2.36 bits per heavy atom. The van der Waals surface area contributed by atoms with E-state index >= 15 is 0 Å². The Labute approximate surface area is 70.6 Å². The summed E-state index contributed by atoms with van der Waals surface area (Å²) >= 11 is 0. The molecule has 1 nitrogen and oxygen atoms in total. The average Bonchev–Trinajstić information content (AvgIpc) is 2.39. The largest absolute Gasteiger partial charge is 0.306 e. The lowest BCUT2D eigenvalue weighted by Gasteiger charge is -2.08. The summed E-state index contributed by atoms with van der Waals surface area (Å²) in [5, 5.41) is 3.48. The first-order valence-electron chi connectivity index (χ1n) is 4.82. The molecule has 1 rings (SSSR count). The third kappa shape index (κ3) is 2.48. The van der Waals surface area contributed by atoms with Gasteiger partial charge in [0, 0.05) is 11.6 Å². The zero-order valence-electron chi connectivity index (χ0n) is 8.28. The van der Waals surface area contributed by atoms with Crippen LogP contribution in [0.3, 0.4) is 0 Å². The molecule has 0 aliphatic carbocycles. The fourth-order valence-corrected chi connectivity index (χ4v) is 1.62. The molecular formula is C10H21N. The smallest absolute Gasteiger partial charge is 0.0307 e. The van der Waals surface area contributed by atoms with Crippen LogP contribution in [0.1, 0.15) is 47.0 Å². The van der Waals surface area contributed by atoms with Gasteiger partial charge in [-0.25, -0.2) is 0 Å². The lowest BCUT2D eigenvalue weighted by atomic mass is 9.97. The fourth-order valence-electron chi connectivity index (χ4n) is 1.62. The standard InChI is InChI=1S/C10H21N/c1-8(2)6-5-7-10(4)9(3)11-10/h8-9,11H,5-7H2,1-4H3. The molecule has 0 aromatic carbocycles. The minimum absolute atomic E-state index is 0.495. The fraction of sp³-hybridized carbons (Fsp3) is 1.00. The van der Waals surface area contributed by atoms with E-state index in [4.69, 9.17) is 0 Å². The predicted molar refractivity (Wildman–Crippen MR) is 49.7 cm³/mol. The molecule has 66 valence electrons. The van der Waals surface area contributed by atoms with E-state index in [1.807, 2.05) is 0 Å². The Morgan fingerprint density at radius 2 is 2.00 bits per heavy atom. The Morgan fingerprint density at radius 1 is 1.45 bits per heavy atom. The van der Waals surface area contributed by atoms with Gasteiger partial charge < -0.3 is 5.32 Å². The van der Waals surface area contributed by atoms with Crippen molar-refractivity contribution in [3.63, 3.8) is 0 Å². The van der Waals surface area contributed by atoms with Crippen molar-refractivity contribution in [2.24, 2.45) is 5.92 Å². The zero-order chi connectivity index (χ0) is 8.48. The van der Waals surface area contributed by atoms with Gasteiger partial charge in [-0.15, -0.1) is 0 Å². The third-order valence-electron chi connectivity index (χ3n) is 2.90. The minimum atomic E-state index is 0.495. The Balaban J connectivity index is 2.04. The highest BCUT2D eigenvalue weighted by Gasteiger charge is 2.44. The summed E-state index contributed by atoms with van der Waals surface area (Å²) in [4.78, 5) is 0. The van der Waals surface area contributed by atoms with Gasteiger partial charge in [-0.1, -0.05) is 26.7 Å². The third-order valence-corrected chi connectivity index (χ3v) is 2.90. The van der Waals surface area contributed by atoms with Crippen LogP contribution in [0.15, 0.2) is 0 Å². The van der Waals surface area contributed by atoms with Crippen molar-refractivity contribution in [1.82, 2.24) is 5.32 Å². The first-order valence-corrected chi connectivity index (χ1v) is 4.82. The lowest BCUT2D eigenvalue weighted by Crippen LogP contribution is -2.10. The Hall–Kier alpha value is -0.0400. The Kier molecular flexibility index (Phi) is 2.58.